The maximum absolute atomic E-state index is 13.8. The van der Waals surface area contributed by atoms with E-state index in [-0.39, 0.29) is 12.2 Å². The third-order valence-corrected chi connectivity index (χ3v) is 4.37. The summed E-state index contributed by atoms with van der Waals surface area (Å²) in [5.41, 5.74) is 0.522. The fourth-order valence-corrected chi connectivity index (χ4v) is 3.21. The topological polar surface area (TPSA) is 66.4 Å². The molecule has 2 aromatic rings. The molecule has 1 amide bonds. The Balaban J connectivity index is 2.35. The number of amides is 1. The Bertz CT molecular complexity index is 723. The quantitative estimate of drug-likeness (QED) is 0.834. The summed E-state index contributed by atoms with van der Waals surface area (Å²) in [5.74, 6) is -2.03. The van der Waals surface area contributed by atoms with Crippen LogP contribution in [0.3, 0.4) is 0 Å². The standard InChI is InChI=1S/C15H14FNO3S/c1-3-5-10(15(19)20)17-14(18)13-8(2)12-9(16)6-4-7-11(12)21-13/h3-4,6-7,10H,1,5H2,2H3,(H,17,18)(H,19,20). The molecule has 0 aliphatic carbocycles. The molecule has 0 bridgehead atoms. The first kappa shape index (κ1) is 15.2. The van der Waals surface area contributed by atoms with Gasteiger partial charge in [-0.2, -0.15) is 0 Å². The van der Waals surface area contributed by atoms with Crippen LogP contribution in [-0.2, 0) is 4.79 Å². The van der Waals surface area contributed by atoms with Gasteiger partial charge in [0, 0.05) is 10.1 Å². The number of rotatable bonds is 5. The lowest BCUT2D eigenvalue weighted by Gasteiger charge is -2.12. The largest absolute Gasteiger partial charge is 0.480 e. The van der Waals surface area contributed by atoms with Crippen molar-refractivity contribution in [3.8, 4) is 0 Å². The number of nitrogens with one attached hydrogen (secondary N) is 1. The smallest absolute Gasteiger partial charge is 0.326 e. The van der Waals surface area contributed by atoms with Crippen LogP contribution >= 0.6 is 11.3 Å². The molecule has 2 N–H and O–H groups in total. The molecule has 1 unspecified atom stereocenters. The third-order valence-electron chi connectivity index (χ3n) is 3.12. The zero-order chi connectivity index (χ0) is 15.6. The van der Waals surface area contributed by atoms with Gasteiger partial charge in [0.1, 0.15) is 11.9 Å². The van der Waals surface area contributed by atoms with Crippen LogP contribution in [0.4, 0.5) is 4.39 Å². The average molecular weight is 307 g/mol. The number of benzene rings is 1. The zero-order valence-electron chi connectivity index (χ0n) is 11.4. The highest BCUT2D eigenvalue weighted by Gasteiger charge is 2.23. The van der Waals surface area contributed by atoms with Gasteiger partial charge in [-0.05, 0) is 31.0 Å². The Kier molecular flexibility index (Phi) is 4.37. The first-order chi connectivity index (χ1) is 9.95. The number of carbonyl (C=O) groups excluding carboxylic acids is 1. The van der Waals surface area contributed by atoms with Crippen molar-refractivity contribution in [1.82, 2.24) is 5.32 Å². The van der Waals surface area contributed by atoms with Crippen molar-refractivity contribution in [2.45, 2.75) is 19.4 Å². The number of halogens is 1. The number of fused-ring (bicyclic) bond motifs is 1. The molecule has 2 rings (SSSR count). The Morgan fingerprint density at radius 1 is 1.52 bits per heavy atom. The minimum absolute atomic E-state index is 0.124. The molecule has 0 fully saturated rings. The first-order valence-electron chi connectivity index (χ1n) is 6.28. The summed E-state index contributed by atoms with van der Waals surface area (Å²) in [6.45, 7) is 5.12. The molecular weight excluding hydrogens is 293 g/mol. The first-order valence-corrected chi connectivity index (χ1v) is 7.09. The van der Waals surface area contributed by atoms with Crippen molar-refractivity contribution in [2.75, 3.05) is 0 Å². The Hall–Kier alpha value is -2.21. The van der Waals surface area contributed by atoms with Gasteiger partial charge in [0.25, 0.3) is 5.91 Å². The number of hydrogen-bond acceptors (Lipinski definition) is 3. The number of aryl methyl sites for hydroxylation is 1. The van der Waals surface area contributed by atoms with E-state index in [4.69, 9.17) is 5.11 Å². The normalized spacial score (nSPS) is 12.1. The molecule has 0 saturated carbocycles. The van der Waals surface area contributed by atoms with E-state index in [2.05, 4.69) is 11.9 Å². The number of carbonyl (C=O) groups is 2. The van der Waals surface area contributed by atoms with Gasteiger partial charge in [-0.15, -0.1) is 17.9 Å². The molecule has 4 nitrogen and oxygen atoms in total. The summed E-state index contributed by atoms with van der Waals surface area (Å²) in [6, 6.07) is 3.60. The minimum Gasteiger partial charge on any atom is -0.480 e. The van der Waals surface area contributed by atoms with E-state index < -0.39 is 17.9 Å². The monoisotopic (exact) mass is 307 g/mol. The molecule has 0 aliphatic heterocycles. The highest BCUT2D eigenvalue weighted by molar-refractivity contribution is 7.21. The molecule has 0 spiro atoms. The summed E-state index contributed by atoms with van der Waals surface area (Å²) in [5, 5.41) is 11.9. The van der Waals surface area contributed by atoms with Crippen LogP contribution in [0.5, 0.6) is 0 Å². The van der Waals surface area contributed by atoms with E-state index in [9.17, 15) is 14.0 Å². The SMILES string of the molecule is C=CCC(NC(=O)c1sc2cccc(F)c2c1C)C(=O)O. The maximum atomic E-state index is 13.8. The van der Waals surface area contributed by atoms with Crippen LogP contribution in [0.15, 0.2) is 30.9 Å². The highest BCUT2D eigenvalue weighted by Crippen LogP contribution is 2.32. The molecule has 0 radical (unpaired) electrons. The highest BCUT2D eigenvalue weighted by atomic mass is 32.1. The summed E-state index contributed by atoms with van der Waals surface area (Å²) in [7, 11) is 0. The Morgan fingerprint density at radius 3 is 2.81 bits per heavy atom. The molecule has 0 saturated heterocycles. The molecule has 110 valence electrons. The summed E-state index contributed by atoms with van der Waals surface area (Å²) >= 11 is 1.15. The van der Waals surface area contributed by atoms with Gasteiger partial charge < -0.3 is 10.4 Å². The third kappa shape index (κ3) is 2.95. The van der Waals surface area contributed by atoms with Crippen molar-refractivity contribution in [2.24, 2.45) is 0 Å². The Morgan fingerprint density at radius 2 is 2.24 bits per heavy atom. The van der Waals surface area contributed by atoms with Crippen molar-refractivity contribution < 1.29 is 19.1 Å². The van der Waals surface area contributed by atoms with Crippen molar-refractivity contribution in [1.29, 1.82) is 0 Å². The molecule has 21 heavy (non-hydrogen) atoms. The predicted octanol–water partition coefficient (Wildman–Crippen LogP) is 3.11. The van der Waals surface area contributed by atoms with Gasteiger partial charge in [0.2, 0.25) is 0 Å². The van der Waals surface area contributed by atoms with Crippen molar-refractivity contribution >= 4 is 33.3 Å². The second kappa shape index (κ2) is 6.05. The predicted molar refractivity (Wildman–Crippen MR) is 80.2 cm³/mol. The van der Waals surface area contributed by atoms with Gasteiger partial charge in [-0.25, -0.2) is 9.18 Å². The summed E-state index contributed by atoms with van der Waals surface area (Å²) in [4.78, 5) is 23.6. The van der Waals surface area contributed by atoms with Gasteiger partial charge in [0.15, 0.2) is 0 Å². The molecule has 1 aromatic heterocycles. The fraction of sp³-hybridized carbons (Fsp3) is 0.200. The van der Waals surface area contributed by atoms with E-state index in [1.165, 1.54) is 12.1 Å². The second-order valence-electron chi connectivity index (χ2n) is 4.56. The number of hydrogen-bond donors (Lipinski definition) is 2. The van der Waals surface area contributed by atoms with Crippen molar-refractivity contribution in [3.05, 3.63) is 47.1 Å². The number of carboxylic acids is 1. The van der Waals surface area contributed by atoms with E-state index in [0.717, 1.165) is 11.3 Å². The number of thiophene rings is 1. The Labute approximate surface area is 124 Å². The summed E-state index contributed by atoms with van der Waals surface area (Å²) < 4.78 is 14.5. The van der Waals surface area contributed by atoms with Gasteiger partial charge in [-0.3, -0.25) is 4.79 Å². The van der Waals surface area contributed by atoms with Crippen LogP contribution in [0.1, 0.15) is 21.7 Å². The van der Waals surface area contributed by atoms with Crippen LogP contribution in [0.25, 0.3) is 10.1 Å². The van der Waals surface area contributed by atoms with E-state index in [1.54, 1.807) is 19.1 Å². The number of carboxylic acid groups (broad SMARTS) is 1. The van der Waals surface area contributed by atoms with Crippen molar-refractivity contribution in [3.63, 3.8) is 0 Å². The number of aliphatic carboxylic acids is 1. The molecule has 1 atom stereocenters. The average Bonchev–Trinajstić information content (AvgIpc) is 2.77. The zero-order valence-corrected chi connectivity index (χ0v) is 12.2. The van der Waals surface area contributed by atoms with Crippen LogP contribution in [0.2, 0.25) is 0 Å². The molecule has 6 heteroatoms. The van der Waals surface area contributed by atoms with E-state index in [0.29, 0.717) is 20.5 Å². The maximum Gasteiger partial charge on any atom is 0.326 e. The fourth-order valence-electron chi connectivity index (χ4n) is 2.08. The molecule has 1 aromatic carbocycles. The van der Waals surface area contributed by atoms with Gasteiger partial charge in [-0.1, -0.05) is 12.1 Å². The molecule has 0 aliphatic rings. The van der Waals surface area contributed by atoms with Crippen LogP contribution in [0, 0.1) is 12.7 Å². The molecule has 1 heterocycles. The lowest BCUT2D eigenvalue weighted by molar-refractivity contribution is -0.139. The van der Waals surface area contributed by atoms with Crippen LogP contribution < -0.4 is 5.32 Å². The van der Waals surface area contributed by atoms with E-state index >= 15 is 0 Å². The minimum atomic E-state index is -1.13. The summed E-state index contributed by atoms with van der Waals surface area (Å²) in [6.07, 6.45) is 1.55. The lowest BCUT2D eigenvalue weighted by atomic mass is 10.1. The van der Waals surface area contributed by atoms with Gasteiger partial charge >= 0.3 is 5.97 Å². The second-order valence-corrected chi connectivity index (χ2v) is 5.61. The lowest BCUT2D eigenvalue weighted by Crippen LogP contribution is -2.40. The van der Waals surface area contributed by atoms with Crippen LogP contribution in [-0.4, -0.2) is 23.0 Å². The van der Waals surface area contributed by atoms with Gasteiger partial charge in [0.05, 0.1) is 4.88 Å². The molecular formula is C15H14FNO3S. The van der Waals surface area contributed by atoms with E-state index in [1.807, 2.05) is 0 Å².